The molecule has 2 amide bonds. The van der Waals surface area contributed by atoms with Gasteiger partial charge in [0.1, 0.15) is 0 Å². The third-order valence-electron chi connectivity index (χ3n) is 6.09. The van der Waals surface area contributed by atoms with E-state index in [-0.39, 0.29) is 11.8 Å². The van der Waals surface area contributed by atoms with Crippen molar-refractivity contribution in [3.8, 4) is 0 Å². The van der Waals surface area contributed by atoms with Gasteiger partial charge in [-0.15, -0.1) is 0 Å². The van der Waals surface area contributed by atoms with E-state index in [0.29, 0.717) is 12.8 Å². The van der Waals surface area contributed by atoms with Gasteiger partial charge in [0, 0.05) is 58.2 Å². The van der Waals surface area contributed by atoms with Crippen molar-refractivity contribution in [3.05, 3.63) is 72.1 Å². The minimum absolute atomic E-state index is 0.0732. The summed E-state index contributed by atoms with van der Waals surface area (Å²) < 4.78 is 0. The van der Waals surface area contributed by atoms with Crippen molar-refractivity contribution < 1.29 is 9.59 Å². The van der Waals surface area contributed by atoms with Crippen LogP contribution in [0.25, 0.3) is 21.8 Å². The molecular formula is C28H32N6O2. The van der Waals surface area contributed by atoms with E-state index in [1.165, 1.54) is 0 Å². The number of rotatable bonds is 13. The van der Waals surface area contributed by atoms with Gasteiger partial charge in [-0.2, -0.15) is 10.2 Å². The van der Waals surface area contributed by atoms with Crippen LogP contribution in [-0.4, -0.2) is 34.2 Å². The summed E-state index contributed by atoms with van der Waals surface area (Å²) in [5, 5.41) is 10.3. The molecule has 0 spiro atoms. The number of aromatic amines is 2. The molecule has 0 saturated carbocycles. The first kappa shape index (κ1) is 24.9. The zero-order chi connectivity index (χ0) is 25.0. The van der Waals surface area contributed by atoms with E-state index >= 15 is 0 Å². The van der Waals surface area contributed by atoms with Crippen LogP contribution < -0.4 is 10.9 Å². The minimum atomic E-state index is -0.0732. The first-order valence-electron chi connectivity index (χ1n) is 12.5. The van der Waals surface area contributed by atoms with Crippen LogP contribution in [-0.2, 0) is 9.59 Å². The maximum Gasteiger partial charge on any atom is 0.240 e. The summed E-state index contributed by atoms with van der Waals surface area (Å²) in [5.74, 6) is -0.146. The van der Waals surface area contributed by atoms with E-state index in [1.807, 2.05) is 60.9 Å². The smallest absolute Gasteiger partial charge is 0.240 e. The summed E-state index contributed by atoms with van der Waals surface area (Å²) >= 11 is 0. The standard InChI is InChI=1S/C28H32N6O2/c35-27(33-31-19-21-17-29-25-13-9-7-11-23(21)25)15-5-3-1-2-4-6-16-28(36)34-32-20-22-18-30-26-14-10-8-12-24(22)26/h7-14,17-20,29-30H,1-6,15-16H2,(H,33,35)(H,34,36)/b31-19-,32-20-. The molecule has 0 aliphatic rings. The van der Waals surface area contributed by atoms with E-state index in [2.05, 4.69) is 31.0 Å². The second-order valence-corrected chi connectivity index (χ2v) is 8.79. The number of benzene rings is 2. The quantitative estimate of drug-likeness (QED) is 0.116. The van der Waals surface area contributed by atoms with Crippen LogP contribution in [0.1, 0.15) is 62.5 Å². The molecule has 4 N–H and O–H groups in total. The summed E-state index contributed by atoms with van der Waals surface area (Å²) in [4.78, 5) is 30.3. The molecule has 0 bridgehead atoms. The molecule has 0 atom stereocenters. The second kappa shape index (κ2) is 13.0. The van der Waals surface area contributed by atoms with Gasteiger partial charge in [-0.3, -0.25) is 9.59 Å². The maximum absolute atomic E-state index is 12.0. The molecule has 4 rings (SSSR count). The minimum Gasteiger partial charge on any atom is -0.361 e. The average molecular weight is 485 g/mol. The Hall–Kier alpha value is -4.20. The normalized spacial score (nSPS) is 11.7. The molecule has 0 aliphatic heterocycles. The maximum atomic E-state index is 12.0. The van der Waals surface area contributed by atoms with Gasteiger partial charge < -0.3 is 9.97 Å². The number of nitrogens with one attached hydrogen (secondary N) is 4. The van der Waals surface area contributed by atoms with Crippen molar-refractivity contribution in [3.63, 3.8) is 0 Å². The van der Waals surface area contributed by atoms with Crippen LogP contribution in [0.15, 0.2) is 71.1 Å². The summed E-state index contributed by atoms with van der Waals surface area (Å²) in [5.41, 5.74) is 9.18. The molecular weight excluding hydrogens is 452 g/mol. The van der Waals surface area contributed by atoms with Crippen molar-refractivity contribution in [2.24, 2.45) is 10.2 Å². The zero-order valence-electron chi connectivity index (χ0n) is 20.3. The lowest BCUT2D eigenvalue weighted by Gasteiger charge is -2.02. The van der Waals surface area contributed by atoms with Gasteiger partial charge in [-0.25, -0.2) is 10.9 Å². The highest BCUT2D eigenvalue weighted by atomic mass is 16.2. The topological polar surface area (TPSA) is 114 Å². The number of hydrogen-bond donors (Lipinski definition) is 4. The molecule has 4 aromatic rings. The van der Waals surface area contributed by atoms with E-state index in [1.54, 1.807) is 12.4 Å². The van der Waals surface area contributed by atoms with Crippen LogP contribution in [0.5, 0.6) is 0 Å². The van der Waals surface area contributed by atoms with Crippen molar-refractivity contribution >= 4 is 46.0 Å². The lowest BCUT2D eigenvalue weighted by atomic mass is 10.1. The Balaban J connectivity index is 1.01. The Bertz CT molecular complexity index is 1250. The number of hydrazone groups is 2. The molecule has 0 unspecified atom stereocenters. The molecule has 2 aromatic heterocycles. The molecule has 8 nitrogen and oxygen atoms in total. The van der Waals surface area contributed by atoms with Gasteiger partial charge in [0.05, 0.1) is 12.4 Å². The predicted octanol–water partition coefficient (Wildman–Crippen LogP) is 5.37. The molecule has 36 heavy (non-hydrogen) atoms. The fraction of sp³-hybridized carbons (Fsp3) is 0.286. The Morgan fingerprint density at radius 3 is 1.53 bits per heavy atom. The SMILES string of the molecule is O=C(CCCCCCCCC(=O)N/N=C\c1c[nH]c2ccccc12)N/N=C\c1c[nH]c2ccccc12. The first-order valence-corrected chi connectivity index (χ1v) is 12.5. The summed E-state index contributed by atoms with van der Waals surface area (Å²) in [6, 6.07) is 15.9. The fourth-order valence-corrected chi connectivity index (χ4v) is 4.14. The van der Waals surface area contributed by atoms with Gasteiger partial charge in [0.15, 0.2) is 0 Å². The Morgan fingerprint density at radius 1 is 0.639 bits per heavy atom. The molecule has 2 aromatic carbocycles. The highest BCUT2D eigenvalue weighted by Crippen LogP contribution is 2.16. The monoisotopic (exact) mass is 484 g/mol. The molecule has 0 radical (unpaired) electrons. The molecule has 0 fully saturated rings. The lowest BCUT2D eigenvalue weighted by Crippen LogP contribution is -2.17. The van der Waals surface area contributed by atoms with Crippen LogP contribution >= 0.6 is 0 Å². The summed E-state index contributed by atoms with van der Waals surface area (Å²) in [6.45, 7) is 0. The fourth-order valence-electron chi connectivity index (χ4n) is 4.14. The molecule has 0 saturated heterocycles. The predicted molar refractivity (Wildman–Crippen MR) is 145 cm³/mol. The largest absolute Gasteiger partial charge is 0.361 e. The Morgan fingerprint density at radius 2 is 1.06 bits per heavy atom. The van der Waals surface area contributed by atoms with Crippen LogP contribution in [0.3, 0.4) is 0 Å². The number of aromatic nitrogens is 2. The van der Waals surface area contributed by atoms with Gasteiger partial charge in [-0.05, 0) is 25.0 Å². The van der Waals surface area contributed by atoms with Crippen molar-refractivity contribution in [2.45, 2.75) is 51.4 Å². The van der Waals surface area contributed by atoms with E-state index in [9.17, 15) is 9.59 Å². The summed E-state index contributed by atoms with van der Waals surface area (Å²) in [6.07, 6.45) is 13.7. The third kappa shape index (κ3) is 7.15. The van der Waals surface area contributed by atoms with Crippen LogP contribution in [0.4, 0.5) is 0 Å². The van der Waals surface area contributed by atoms with Gasteiger partial charge in [0.25, 0.3) is 0 Å². The highest BCUT2D eigenvalue weighted by molar-refractivity contribution is 6.00. The van der Waals surface area contributed by atoms with Crippen molar-refractivity contribution in [2.75, 3.05) is 0 Å². The zero-order valence-corrected chi connectivity index (χ0v) is 20.3. The number of carbonyl (C=O) groups is 2. The van der Waals surface area contributed by atoms with Gasteiger partial charge in [0.2, 0.25) is 11.8 Å². The number of hydrogen-bond acceptors (Lipinski definition) is 4. The van der Waals surface area contributed by atoms with Crippen molar-refractivity contribution in [1.82, 2.24) is 20.8 Å². The van der Waals surface area contributed by atoms with Gasteiger partial charge >= 0.3 is 0 Å². The van der Waals surface area contributed by atoms with Crippen LogP contribution in [0.2, 0.25) is 0 Å². The van der Waals surface area contributed by atoms with Crippen molar-refractivity contribution in [1.29, 1.82) is 0 Å². The van der Waals surface area contributed by atoms with E-state index in [4.69, 9.17) is 0 Å². The number of carbonyl (C=O) groups excluding carboxylic acids is 2. The second-order valence-electron chi connectivity index (χ2n) is 8.79. The third-order valence-corrected chi connectivity index (χ3v) is 6.09. The molecule has 2 heterocycles. The number of fused-ring (bicyclic) bond motifs is 2. The number of nitrogens with zero attached hydrogens (tertiary/aromatic N) is 2. The van der Waals surface area contributed by atoms with E-state index < -0.39 is 0 Å². The summed E-state index contributed by atoms with van der Waals surface area (Å²) in [7, 11) is 0. The van der Waals surface area contributed by atoms with E-state index in [0.717, 1.165) is 71.5 Å². The Labute approximate surface area is 210 Å². The average Bonchev–Trinajstić information content (AvgIpc) is 3.50. The molecule has 186 valence electrons. The highest BCUT2D eigenvalue weighted by Gasteiger charge is 2.03. The van der Waals surface area contributed by atoms with Crippen LogP contribution in [0, 0.1) is 0 Å². The number of unbranched alkanes of at least 4 members (excludes halogenated alkanes) is 5. The molecule has 0 aliphatic carbocycles. The molecule has 8 heteroatoms. The Kier molecular flexibility index (Phi) is 9.02. The first-order chi connectivity index (χ1) is 17.7. The van der Waals surface area contributed by atoms with Gasteiger partial charge in [-0.1, -0.05) is 62.1 Å². The number of amides is 2. The lowest BCUT2D eigenvalue weighted by molar-refractivity contribution is -0.122. The number of para-hydroxylation sites is 2. The number of H-pyrrole nitrogens is 2.